The second-order valence-electron chi connectivity index (χ2n) is 6.81. The van der Waals surface area contributed by atoms with Crippen LogP contribution in [0.5, 0.6) is 17.2 Å². The Morgan fingerprint density at radius 3 is 2.45 bits per heavy atom. The lowest BCUT2D eigenvalue weighted by molar-refractivity contribution is -0.117. The van der Waals surface area contributed by atoms with Crippen molar-refractivity contribution in [3.05, 3.63) is 52.7 Å². The van der Waals surface area contributed by atoms with Gasteiger partial charge in [-0.3, -0.25) is 4.79 Å². The van der Waals surface area contributed by atoms with E-state index < -0.39 is 11.6 Å². The third kappa shape index (κ3) is 3.52. The monoisotopic (exact) mass is 423 g/mol. The first-order valence-electron chi connectivity index (χ1n) is 9.40. The zero-order chi connectivity index (χ0) is 22.1. The van der Waals surface area contributed by atoms with E-state index in [4.69, 9.17) is 14.2 Å². The van der Waals surface area contributed by atoms with Crippen LogP contribution in [0, 0.1) is 6.92 Å². The van der Waals surface area contributed by atoms with Crippen LogP contribution < -0.4 is 25.2 Å². The van der Waals surface area contributed by atoms with Crippen LogP contribution in [-0.2, 0) is 11.3 Å². The maximum absolute atomic E-state index is 12.7. The first-order valence-corrected chi connectivity index (χ1v) is 9.40. The van der Waals surface area contributed by atoms with E-state index in [0.717, 1.165) is 21.1 Å². The van der Waals surface area contributed by atoms with Crippen molar-refractivity contribution < 1.29 is 19.0 Å². The average Bonchev–Trinajstić information content (AvgIpc) is 3.08. The van der Waals surface area contributed by atoms with Gasteiger partial charge in [0, 0.05) is 23.2 Å². The number of nitrogens with zero attached hydrogens (tertiary/aromatic N) is 4. The molecule has 0 fully saturated rings. The number of fused-ring (bicyclic) bond motifs is 3. The molecule has 0 aliphatic carbocycles. The number of ether oxygens (including phenoxy) is 3. The highest BCUT2D eigenvalue weighted by molar-refractivity contribution is 5.93. The van der Waals surface area contributed by atoms with Gasteiger partial charge in [-0.15, -0.1) is 5.10 Å². The quantitative estimate of drug-likeness (QED) is 0.505. The van der Waals surface area contributed by atoms with Gasteiger partial charge in [0.25, 0.3) is 0 Å². The van der Waals surface area contributed by atoms with Crippen LogP contribution in [0.25, 0.3) is 16.6 Å². The van der Waals surface area contributed by atoms with Crippen molar-refractivity contribution >= 4 is 28.1 Å². The van der Waals surface area contributed by atoms with Gasteiger partial charge < -0.3 is 19.5 Å². The zero-order valence-electron chi connectivity index (χ0n) is 17.5. The molecule has 0 aliphatic heterocycles. The van der Waals surface area contributed by atoms with Gasteiger partial charge in [-0.05, 0) is 18.6 Å². The summed E-state index contributed by atoms with van der Waals surface area (Å²) in [5.41, 5.74) is 2.15. The summed E-state index contributed by atoms with van der Waals surface area (Å²) in [6, 6.07) is 8.86. The van der Waals surface area contributed by atoms with E-state index in [9.17, 15) is 9.59 Å². The molecule has 0 radical (unpaired) electrons. The van der Waals surface area contributed by atoms with Gasteiger partial charge in [-0.1, -0.05) is 12.1 Å². The Balaban J connectivity index is 1.65. The van der Waals surface area contributed by atoms with Crippen molar-refractivity contribution in [3.8, 4) is 17.2 Å². The molecule has 31 heavy (non-hydrogen) atoms. The van der Waals surface area contributed by atoms with Crippen molar-refractivity contribution in [2.45, 2.75) is 13.5 Å². The molecule has 0 saturated carbocycles. The fourth-order valence-electron chi connectivity index (χ4n) is 3.43. The van der Waals surface area contributed by atoms with Crippen LogP contribution in [0.4, 0.5) is 5.69 Å². The van der Waals surface area contributed by atoms with E-state index in [2.05, 4.69) is 15.4 Å². The van der Waals surface area contributed by atoms with Gasteiger partial charge in [0.05, 0.1) is 26.8 Å². The molecule has 1 N–H and O–H groups in total. The predicted octanol–water partition coefficient (Wildman–Crippen LogP) is 2.02. The molecule has 2 aromatic heterocycles. The van der Waals surface area contributed by atoms with Crippen molar-refractivity contribution in [2.75, 3.05) is 26.6 Å². The Morgan fingerprint density at radius 1 is 1.10 bits per heavy atom. The highest BCUT2D eigenvalue weighted by Crippen LogP contribution is 2.39. The Morgan fingerprint density at radius 2 is 1.81 bits per heavy atom. The molecule has 0 bridgehead atoms. The lowest BCUT2D eigenvalue weighted by Crippen LogP contribution is -2.28. The van der Waals surface area contributed by atoms with Gasteiger partial charge in [0.1, 0.15) is 12.9 Å². The predicted molar refractivity (Wildman–Crippen MR) is 114 cm³/mol. The second-order valence-corrected chi connectivity index (χ2v) is 6.81. The van der Waals surface area contributed by atoms with Crippen LogP contribution in [-0.4, -0.2) is 46.4 Å². The summed E-state index contributed by atoms with van der Waals surface area (Å²) in [6.45, 7) is 1.66. The van der Waals surface area contributed by atoms with Gasteiger partial charge in [-0.2, -0.15) is 0 Å². The smallest absolute Gasteiger partial charge is 0.352 e. The normalized spacial score (nSPS) is 11.0. The standard InChI is InChI=1S/C21H21N5O5/c1-12-6-5-7-14-18(12)22-11-25-20(14)24-26(21(25)28)10-17(27)23-13-8-15(29-2)19(31-4)16(9-13)30-3/h5-9,11H,10H2,1-4H3,(H,23,27). The minimum Gasteiger partial charge on any atom is -0.493 e. The third-order valence-electron chi connectivity index (χ3n) is 4.89. The Kier molecular flexibility index (Phi) is 5.20. The molecule has 10 heteroatoms. The molecule has 2 heterocycles. The molecular weight excluding hydrogens is 402 g/mol. The topological polar surface area (TPSA) is 109 Å². The molecule has 2 aromatic carbocycles. The van der Waals surface area contributed by atoms with Crippen molar-refractivity contribution in [1.29, 1.82) is 0 Å². The second kappa shape index (κ2) is 7.98. The molecule has 4 rings (SSSR count). The molecule has 0 spiro atoms. The Hall–Kier alpha value is -4.08. The SMILES string of the molecule is COc1cc(NC(=O)Cn2nc3c4cccc(C)c4ncn3c2=O)cc(OC)c1OC. The number of para-hydroxylation sites is 1. The largest absolute Gasteiger partial charge is 0.493 e. The number of aryl methyl sites for hydroxylation is 1. The van der Waals surface area contributed by atoms with Crippen LogP contribution in [0.3, 0.4) is 0 Å². The molecule has 10 nitrogen and oxygen atoms in total. The number of carbonyl (C=O) groups is 1. The lowest BCUT2D eigenvalue weighted by Gasteiger charge is -2.14. The number of benzene rings is 2. The number of aromatic nitrogens is 4. The molecule has 0 unspecified atom stereocenters. The maximum Gasteiger partial charge on any atom is 0.352 e. The van der Waals surface area contributed by atoms with Crippen LogP contribution in [0.1, 0.15) is 5.56 Å². The highest BCUT2D eigenvalue weighted by atomic mass is 16.5. The molecule has 1 amide bonds. The first-order chi connectivity index (χ1) is 15.0. The van der Waals surface area contributed by atoms with Crippen molar-refractivity contribution in [2.24, 2.45) is 0 Å². The number of anilines is 1. The van der Waals surface area contributed by atoms with Gasteiger partial charge in [-0.25, -0.2) is 18.9 Å². The molecule has 0 aliphatic rings. The fourth-order valence-corrected chi connectivity index (χ4v) is 3.43. The summed E-state index contributed by atoms with van der Waals surface area (Å²) < 4.78 is 18.3. The van der Waals surface area contributed by atoms with Crippen molar-refractivity contribution in [3.63, 3.8) is 0 Å². The number of amides is 1. The number of hydrogen-bond acceptors (Lipinski definition) is 7. The molecule has 4 aromatic rings. The van der Waals surface area contributed by atoms with E-state index in [1.807, 2.05) is 25.1 Å². The fraction of sp³-hybridized carbons (Fsp3) is 0.238. The van der Waals surface area contributed by atoms with E-state index in [-0.39, 0.29) is 6.54 Å². The summed E-state index contributed by atoms with van der Waals surface area (Å²) in [5.74, 6) is 0.771. The number of hydrogen-bond donors (Lipinski definition) is 1. The number of nitrogens with one attached hydrogen (secondary N) is 1. The van der Waals surface area contributed by atoms with Crippen LogP contribution in [0.2, 0.25) is 0 Å². The first kappa shape index (κ1) is 20.2. The molecular formula is C21H21N5O5. The van der Waals surface area contributed by atoms with E-state index in [0.29, 0.717) is 28.6 Å². The van der Waals surface area contributed by atoms with E-state index in [1.54, 1.807) is 12.1 Å². The number of rotatable bonds is 6. The summed E-state index contributed by atoms with van der Waals surface area (Å²) >= 11 is 0. The molecule has 0 saturated heterocycles. The number of methoxy groups -OCH3 is 3. The van der Waals surface area contributed by atoms with Gasteiger partial charge in [0.15, 0.2) is 17.1 Å². The summed E-state index contributed by atoms with van der Waals surface area (Å²) in [5, 5.41) is 7.82. The zero-order valence-corrected chi connectivity index (χ0v) is 17.5. The third-order valence-corrected chi connectivity index (χ3v) is 4.89. The molecule has 160 valence electrons. The minimum absolute atomic E-state index is 0.273. The van der Waals surface area contributed by atoms with E-state index >= 15 is 0 Å². The van der Waals surface area contributed by atoms with Crippen LogP contribution in [0.15, 0.2) is 41.5 Å². The average molecular weight is 423 g/mol. The summed E-state index contributed by atoms with van der Waals surface area (Å²) in [4.78, 5) is 29.7. The summed E-state index contributed by atoms with van der Waals surface area (Å²) in [7, 11) is 4.47. The minimum atomic E-state index is -0.453. The lowest BCUT2D eigenvalue weighted by atomic mass is 10.1. The van der Waals surface area contributed by atoms with Crippen molar-refractivity contribution in [1.82, 2.24) is 19.2 Å². The Bertz CT molecular complexity index is 1330. The van der Waals surface area contributed by atoms with E-state index in [1.165, 1.54) is 32.1 Å². The highest BCUT2D eigenvalue weighted by Gasteiger charge is 2.17. The Labute approximate surface area is 177 Å². The maximum atomic E-state index is 12.7. The number of carbonyl (C=O) groups excluding carboxylic acids is 1. The molecule has 0 atom stereocenters. The van der Waals surface area contributed by atoms with Gasteiger partial charge in [0.2, 0.25) is 11.7 Å². The summed E-state index contributed by atoms with van der Waals surface area (Å²) in [6.07, 6.45) is 1.42. The van der Waals surface area contributed by atoms with Crippen LogP contribution >= 0.6 is 0 Å². The van der Waals surface area contributed by atoms with Gasteiger partial charge >= 0.3 is 5.69 Å².